The molecule has 0 unspecified atom stereocenters. The van der Waals surface area contributed by atoms with Gasteiger partial charge in [-0.25, -0.2) is 4.79 Å². The molecule has 1 aliphatic heterocycles. The van der Waals surface area contributed by atoms with E-state index >= 15 is 0 Å². The average Bonchev–Trinajstić information content (AvgIpc) is 3.10. The lowest BCUT2D eigenvalue weighted by Gasteiger charge is -2.23. The molecule has 1 fully saturated rings. The van der Waals surface area contributed by atoms with Crippen molar-refractivity contribution in [2.75, 3.05) is 13.7 Å². The van der Waals surface area contributed by atoms with E-state index in [0.717, 1.165) is 23.1 Å². The quantitative estimate of drug-likeness (QED) is 0.604. The lowest BCUT2D eigenvalue weighted by Crippen LogP contribution is -2.33. The molecular weight excluding hydrogens is 394 g/mol. The molecular formula is C25H29NO5. The number of aryl methyl sites for hydroxylation is 1. The number of aliphatic hydroxyl groups excluding tert-OH is 1. The lowest BCUT2D eigenvalue weighted by atomic mass is 10.0. The molecule has 0 radical (unpaired) electrons. The number of amides is 1. The summed E-state index contributed by atoms with van der Waals surface area (Å²) in [7, 11) is 1.51. The van der Waals surface area contributed by atoms with Crippen molar-refractivity contribution in [1.29, 1.82) is 0 Å². The smallest absolute Gasteiger partial charge is 0.335 e. The molecule has 0 aromatic heterocycles. The van der Waals surface area contributed by atoms with Crippen LogP contribution in [-0.2, 0) is 17.6 Å². The fourth-order valence-electron chi connectivity index (χ4n) is 3.98. The molecule has 2 N–H and O–H groups in total. The van der Waals surface area contributed by atoms with Gasteiger partial charge in [0.1, 0.15) is 5.75 Å². The van der Waals surface area contributed by atoms with Crippen molar-refractivity contribution in [3.05, 3.63) is 76.9 Å². The van der Waals surface area contributed by atoms with Crippen LogP contribution in [0.4, 0.5) is 0 Å². The summed E-state index contributed by atoms with van der Waals surface area (Å²) in [5.41, 5.74) is 3.26. The summed E-state index contributed by atoms with van der Waals surface area (Å²) in [6.07, 6.45) is 5.40. The second-order valence-electron chi connectivity index (χ2n) is 7.92. The van der Waals surface area contributed by atoms with Gasteiger partial charge in [-0.1, -0.05) is 48.0 Å². The van der Waals surface area contributed by atoms with Crippen LogP contribution >= 0.6 is 0 Å². The standard InChI is InChI=1S/C25H29NO5/c1-17-4-3-5-18(14-17)15-22(27)10-8-21-9-11-24(28)26(21)13-12-19-6-7-20(25(29)30)16-23(19)31-2/h3-8,10,14,16,21-22,27H,9,11-13,15H2,1-2H3,(H,29,30)/t21-,22+/m0/s1. The minimum absolute atomic E-state index is 0.0519. The van der Waals surface area contributed by atoms with Gasteiger partial charge in [0.25, 0.3) is 0 Å². The van der Waals surface area contributed by atoms with Gasteiger partial charge < -0.3 is 19.8 Å². The van der Waals surface area contributed by atoms with Crippen LogP contribution in [0.2, 0.25) is 0 Å². The maximum Gasteiger partial charge on any atom is 0.335 e. The second kappa shape index (κ2) is 10.3. The molecule has 0 saturated carbocycles. The summed E-state index contributed by atoms with van der Waals surface area (Å²) in [6.45, 7) is 2.53. The van der Waals surface area contributed by atoms with Crippen molar-refractivity contribution in [2.45, 2.75) is 44.8 Å². The van der Waals surface area contributed by atoms with Crippen molar-refractivity contribution < 1.29 is 24.5 Å². The Kier molecular flexibility index (Phi) is 7.47. The minimum atomic E-state index is -1.01. The number of carbonyl (C=O) groups excluding carboxylic acids is 1. The highest BCUT2D eigenvalue weighted by Crippen LogP contribution is 2.24. The molecule has 0 bridgehead atoms. The molecule has 6 heteroatoms. The number of nitrogens with zero attached hydrogens (tertiary/aromatic N) is 1. The van der Waals surface area contributed by atoms with Gasteiger partial charge in [-0.05, 0) is 43.0 Å². The number of aromatic carboxylic acids is 1. The highest BCUT2D eigenvalue weighted by atomic mass is 16.5. The van der Waals surface area contributed by atoms with Crippen molar-refractivity contribution >= 4 is 11.9 Å². The van der Waals surface area contributed by atoms with Crippen LogP contribution in [0, 0.1) is 6.92 Å². The molecule has 0 spiro atoms. The number of aliphatic hydroxyl groups is 1. The number of hydrogen-bond acceptors (Lipinski definition) is 4. The Morgan fingerprint density at radius 2 is 2.10 bits per heavy atom. The largest absolute Gasteiger partial charge is 0.496 e. The third kappa shape index (κ3) is 5.95. The predicted octanol–water partition coefficient (Wildman–Crippen LogP) is 3.40. The number of ether oxygens (including phenoxy) is 1. The molecule has 2 atom stereocenters. The van der Waals surface area contributed by atoms with Gasteiger partial charge in [-0.3, -0.25) is 4.79 Å². The van der Waals surface area contributed by atoms with E-state index in [1.807, 2.05) is 36.1 Å². The maximum absolute atomic E-state index is 12.4. The molecule has 2 aromatic rings. The second-order valence-corrected chi connectivity index (χ2v) is 7.92. The van der Waals surface area contributed by atoms with Crippen LogP contribution in [-0.4, -0.2) is 52.8 Å². The Labute approximate surface area is 182 Å². The number of methoxy groups -OCH3 is 1. The van der Waals surface area contributed by atoms with Crippen molar-refractivity contribution in [1.82, 2.24) is 4.90 Å². The van der Waals surface area contributed by atoms with Crippen LogP contribution < -0.4 is 4.74 Å². The SMILES string of the molecule is COc1cc(C(=O)O)ccc1CCN1C(=O)CC[C@@H]1C=C[C@@H](O)Cc1cccc(C)c1. The Morgan fingerprint density at radius 1 is 1.29 bits per heavy atom. The van der Waals surface area contributed by atoms with Gasteiger partial charge in [0.05, 0.1) is 24.8 Å². The number of carboxylic acid groups (broad SMARTS) is 1. The number of carboxylic acids is 1. The third-order valence-electron chi connectivity index (χ3n) is 5.61. The summed E-state index contributed by atoms with van der Waals surface area (Å²) in [5, 5.41) is 19.5. The summed E-state index contributed by atoms with van der Waals surface area (Å²) in [4.78, 5) is 25.4. The van der Waals surface area contributed by atoms with Gasteiger partial charge in [0.15, 0.2) is 0 Å². The number of carbonyl (C=O) groups is 2. The van der Waals surface area contributed by atoms with E-state index < -0.39 is 12.1 Å². The van der Waals surface area contributed by atoms with Crippen molar-refractivity contribution in [3.63, 3.8) is 0 Å². The predicted molar refractivity (Wildman–Crippen MR) is 118 cm³/mol. The van der Waals surface area contributed by atoms with Gasteiger partial charge >= 0.3 is 5.97 Å². The average molecular weight is 424 g/mol. The van der Waals surface area contributed by atoms with E-state index in [1.54, 1.807) is 18.2 Å². The van der Waals surface area contributed by atoms with Gasteiger partial charge in [0.2, 0.25) is 5.91 Å². The normalized spacial score (nSPS) is 17.3. The number of benzene rings is 2. The van der Waals surface area contributed by atoms with Gasteiger partial charge in [0, 0.05) is 19.4 Å². The summed E-state index contributed by atoms with van der Waals surface area (Å²) >= 11 is 0. The molecule has 1 amide bonds. The Bertz CT molecular complexity index is 968. The van der Waals surface area contributed by atoms with Gasteiger partial charge in [-0.2, -0.15) is 0 Å². The Morgan fingerprint density at radius 3 is 2.81 bits per heavy atom. The molecule has 31 heavy (non-hydrogen) atoms. The zero-order valence-corrected chi connectivity index (χ0v) is 18.0. The fraction of sp³-hybridized carbons (Fsp3) is 0.360. The molecule has 164 valence electrons. The van der Waals surface area contributed by atoms with Crippen LogP contribution in [0.25, 0.3) is 0 Å². The monoisotopic (exact) mass is 423 g/mol. The molecule has 2 aromatic carbocycles. The van der Waals surface area contributed by atoms with Crippen molar-refractivity contribution in [3.8, 4) is 5.75 Å². The highest BCUT2D eigenvalue weighted by Gasteiger charge is 2.29. The first-order valence-corrected chi connectivity index (χ1v) is 10.5. The molecule has 1 aliphatic rings. The van der Waals surface area contributed by atoms with E-state index in [-0.39, 0.29) is 17.5 Å². The number of likely N-dealkylation sites (tertiary alicyclic amines) is 1. The summed E-state index contributed by atoms with van der Waals surface area (Å²) in [6, 6.07) is 12.8. The Hall–Kier alpha value is -3.12. The number of hydrogen-bond donors (Lipinski definition) is 2. The maximum atomic E-state index is 12.4. The molecule has 3 rings (SSSR count). The van der Waals surface area contributed by atoms with Gasteiger partial charge in [-0.15, -0.1) is 0 Å². The molecule has 1 saturated heterocycles. The topological polar surface area (TPSA) is 87.1 Å². The fourth-order valence-corrected chi connectivity index (χ4v) is 3.98. The number of rotatable bonds is 9. The van der Waals surface area contributed by atoms with Crippen LogP contribution in [0.3, 0.4) is 0 Å². The molecule has 6 nitrogen and oxygen atoms in total. The van der Waals surface area contributed by atoms with E-state index in [9.17, 15) is 14.7 Å². The van der Waals surface area contributed by atoms with Crippen molar-refractivity contribution in [2.24, 2.45) is 0 Å². The first-order valence-electron chi connectivity index (χ1n) is 10.5. The zero-order valence-electron chi connectivity index (χ0n) is 18.0. The summed E-state index contributed by atoms with van der Waals surface area (Å²) < 4.78 is 5.34. The molecule has 0 aliphatic carbocycles. The van der Waals surface area contributed by atoms with Crippen LogP contribution in [0.15, 0.2) is 54.6 Å². The first-order chi connectivity index (χ1) is 14.9. The lowest BCUT2D eigenvalue weighted by molar-refractivity contribution is -0.128. The zero-order chi connectivity index (χ0) is 22.4. The van der Waals surface area contributed by atoms with E-state index in [0.29, 0.717) is 31.6 Å². The first kappa shape index (κ1) is 22.6. The van der Waals surface area contributed by atoms with Crippen LogP contribution in [0.5, 0.6) is 5.75 Å². The highest BCUT2D eigenvalue weighted by molar-refractivity contribution is 5.88. The van der Waals surface area contributed by atoms with E-state index in [4.69, 9.17) is 9.84 Å². The van der Waals surface area contributed by atoms with Crippen LogP contribution in [0.1, 0.15) is 39.9 Å². The molecule has 1 heterocycles. The minimum Gasteiger partial charge on any atom is -0.496 e. The van der Waals surface area contributed by atoms with E-state index in [1.165, 1.54) is 13.2 Å². The summed E-state index contributed by atoms with van der Waals surface area (Å²) in [5.74, 6) is -0.412. The Balaban J connectivity index is 1.62. The third-order valence-corrected chi connectivity index (χ3v) is 5.61. The van der Waals surface area contributed by atoms with E-state index in [2.05, 4.69) is 6.07 Å².